The summed E-state index contributed by atoms with van der Waals surface area (Å²) in [6, 6.07) is 10.1. The summed E-state index contributed by atoms with van der Waals surface area (Å²) in [6.45, 7) is 2.66. The van der Waals surface area contributed by atoms with Crippen LogP contribution >= 0.6 is 15.9 Å². The van der Waals surface area contributed by atoms with Crippen molar-refractivity contribution in [3.63, 3.8) is 0 Å². The molecule has 0 aliphatic carbocycles. The van der Waals surface area contributed by atoms with Gasteiger partial charge in [-0.15, -0.1) is 0 Å². The van der Waals surface area contributed by atoms with E-state index in [0.717, 1.165) is 10.2 Å². The maximum absolute atomic E-state index is 5.66. The van der Waals surface area contributed by atoms with Crippen molar-refractivity contribution in [3.8, 4) is 5.75 Å². The number of aromatic nitrogens is 1. The summed E-state index contributed by atoms with van der Waals surface area (Å²) in [5.74, 6) is 0.776. The van der Waals surface area contributed by atoms with Crippen molar-refractivity contribution < 1.29 is 4.74 Å². The van der Waals surface area contributed by atoms with Crippen LogP contribution in [0.15, 0.2) is 47.2 Å². The Bertz CT molecular complexity index is 485. The molecule has 0 aliphatic heterocycles. The SMILES string of the molecule is Cc1ccccc1COc1cncc(Br)c1. The predicted octanol–water partition coefficient (Wildman–Crippen LogP) is 3.73. The van der Waals surface area contributed by atoms with Crippen LogP contribution in [0.5, 0.6) is 5.75 Å². The van der Waals surface area contributed by atoms with E-state index in [2.05, 4.69) is 40.0 Å². The van der Waals surface area contributed by atoms with E-state index in [0.29, 0.717) is 6.61 Å². The highest BCUT2D eigenvalue weighted by atomic mass is 79.9. The fraction of sp³-hybridized carbons (Fsp3) is 0.154. The summed E-state index contributed by atoms with van der Waals surface area (Å²) in [6.07, 6.45) is 3.45. The molecule has 82 valence electrons. The minimum Gasteiger partial charge on any atom is -0.487 e. The number of ether oxygens (including phenoxy) is 1. The van der Waals surface area contributed by atoms with E-state index in [9.17, 15) is 0 Å². The number of rotatable bonds is 3. The third kappa shape index (κ3) is 2.83. The maximum Gasteiger partial charge on any atom is 0.139 e. The Morgan fingerprint density at radius 2 is 2.06 bits per heavy atom. The van der Waals surface area contributed by atoms with Crippen LogP contribution in [0.1, 0.15) is 11.1 Å². The number of hydrogen-bond donors (Lipinski definition) is 0. The first kappa shape index (κ1) is 11.1. The second-order valence-electron chi connectivity index (χ2n) is 3.55. The summed E-state index contributed by atoms with van der Waals surface area (Å²) >= 11 is 3.36. The highest BCUT2D eigenvalue weighted by Crippen LogP contribution is 2.17. The van der Waals surface area contributed by atoms with Crippen LogP contribution in [0.25, 0.3) is 0 Å². The molecule has 3 heteroatoms. The molecule has 0 amide bonds. The van der Waals surface area contributed by atoms with Gasteiger partial charge < -0.3 is 4.74 Å². The van der Waals surface area contributed by atoms with Crippen LogP contribution in [-0.2, 0) is 6.61 Å². The Balaban J connectivity index is 2.05. The lowest BCUT2D eigenvalue weighted by Crippen LogP contribution is -1.97. The zero-order chi connectivity index (χ0) is 11.4. The van der Waals surface area contributed by atoms with Gasteiger partial charge in [-0.1, -0.05) is 24.3 Å². The van der Waals surface area contributed by atoms with Gasteiger partial charge in [-0.2, -0.15) is 0 Å². The van der Waals surface area contributed by atoms with Gasteiger partial charge in [0.25, 0.3) is 0 Å². The molecule has 0 saturated heterocycles. The van der Waals surface area contributed by atoms with E-state index in [4.69, 9.17) is 4.74 Å². The van der Waals surface area contributed by atoms with E-state index in [-0.39, 0.29) is 0 Å². The minimum atomic E-state index is 0.574. The molecular formula is C13H12BrNO. The van der Waals surface area contributed by atoms with E-state index < -0.39 is 0 Å². The molecule has 1 aromatic heterocycles. The van der Waals surface area contributed by atoms with E-state index >= 15 is 0 Å². The normalized spacial score (nSPS) is 10.1. The molecule has 0 unspecified atom stereocenters. The third-order valence-corrected chi connectivity index (χ3v) is 2.77. The maximum atomic E-state index is 5.66. The van der Waals surface area contributed by atoms with Crippen LogP contribution in [0.4, 0.5) is 0 Å². The lowest BCUT2D eigenvalue weighted by molar-refractivity contribution is 0.304. The summed E-state index contributed by atoms with van der Waals surface area (Å²) in [5.41, 5.74) is 2.44. The lowest BCUT2D eigenvalue weighted by atomic mass is 10.1. The van der Waals surface area contributed by atoms with Gasteiger partial charge in [0.1, 0.15) is 12.4 Å². The van der Waals surface area contributed by atoms with Crippen LogP contribution in [0.2, 0.25) is 0 Å². The average Bonchev–Trinajstić information content (AvgIpc) is 2.28. The van der Waals surface area contributed by atoms with Crippen molar-refractivity contribution in [1.29, 1.82) is 0 Å². The van der Waals surface area contributed by atoms with Gasteiger partial charge in [0, 0.05) is 10.7 Å². The van der Waals surface area contributed by atoms with Gasteiger partial charge in [-0.25, -0.2) is 0 Å². The molecular weight excluding hydrogens is 266 g/mol. The lowest BCUT2D eigenvalue weighted by Gasteiger charge is -2.08. The first-order valence-corrected chi connectivity index (χ1v) is 5.83. The quantitative estimate of drug-likeness (QED) is 0.853. The molecule has 2 rings (SSSR count). The fourth-order valence-electron chi connectivity index (χ4n) is 1.40. The molecule has 0 fully saturated rings. The number of benzene rings is 1. The standard InChI is InChI=1S/C13H12BrNO/c1-10-4-2-3-5-11(10)9-16-13-6-12(14)7-15-8-13/h2-8H,9H2,1H3. The number of pyridine rings is 1. The minimum absolute atomic E-state index is 0.574. The van der Waals surface area contributed by atoms with Gasteiger partial charge in [0.05, 0.1) is 6.20 Å². The molecule has 0 atom stereocenters. The fourth-order valence-corrected chi connectivity index (χ4v) is 1.75. The van der Waals surface area contributed by atoms with Crippen molar-refractivity contribution >= 4 is 15.9 Å². The van der Waals surface area contributed by atoms with Gasteiger partial charge >= 0.3 is 0 Å². The number of nitrogens with zero attached hydrogens (tertiary/aromatic N) is 1. The second-order valence-corrected chi connectivity index (χ2v) is 4.47. The molecule has 0 saturated carbocycles. The van der Waals surface area contributed by atoms with Crippen molar-refractivity contribution in [1.82, 2.24) is 4.98 Å². The van der Waals surface area contributed by atoms with Crippen LogP contribution in [0, 0.1) is 6.92 Å². The molecule has 0 radical (unpaired) electrons. The largest absolute Gasteiger partial charge is 0.487 e. The van der Waals surface area contributed by atoms with E-state index in [1.165, 1.54) is 11.1 Å². The summed E-state index contributed by atoms with van der Waals surface area (Å²) in [4.78, 5) is 4.05. The molecule has 2 aromatic rings. The van der Waals surface area contributed by atoms with E-state index in [1.54, 1.807) is 12.4 Å². The highest BCUT2D eigenvalue weighted by molar-refractivity contribution is 9.10. The first-order valence-electron chi connectivity index (χ1n) is 5.03. The predicted molar refractivity (Wildman–Crippen MR) is 67.4 cm³/mol. The molecule has 16 heavy (non-hydrogen) atoms. The van der Waals surface area contributed by atoms with Crippen LogP contribution in [-0.4, -0.2) is 4.98 Å². The molecule has 1 aromatic carbocycles. The Morgan fingerprint density at radius 3 is 2.81 bits per heavy atom. The summed E-state index contributed by atoms with van der Waals surface area (Å²) in [5, 5.41) is 0. The molecule has 0 aliphatic rings. The smallest absolute Gasteiger partial charge is 0.139 e. The summed E-state index contributed by atoms with van der Waals surface area (Å²) < 4.78 is 6.59. The highest BCUT2D eigenvalue weighted by Gasteiger charge is 1.99. The topological polar surface area (TPSA) is 22.1 Å². The second kappa shape index (κ2) is 5.12. The average molecular weight is 278 g/mol. The Hall–Kier alpha value is -1.35. The number of halogens is 1. The Kier molecular flexibility index (Phi) is 3.57. The van der Waals surface area contributed by atoms with Crippen molar-refractivity contribution in [3.05, 3.63) is 58.3 Å². The Labute approximate surface area is 103 Å². The molecule has 0 bridgehead atoms. The van der Waals surface area contributed by atoms with Gasteiger partial charge in [-0.05, 0) is 40.0 Å². The zero-order valence-corrected chi connectivity index (χ0v) is 10.6. The monoisotopic (exact) mass is 277 g/mol. The molecule has 0 N–H and O–H groups in total. The number of aryl methyl sites for hydroxylation is 1. The van der Waals surface area contributed by atoms with Crippen molar-refractivity contribution in [2.75, 3.05) is 0 Å². The van der Waals surface area contributed by atoms with Gasteiger partial charge in [0.15, 0.2) is 0 Å². The molecule has 0 spiro atoms. The zero-order valence-electron chi connectivity index (χ0n) is 8.98. The van der Waals surface area contributed by atoms with Crippen molar-refractivity contribution in [2.45, 2.75) is 13.5 Å². The van der Waals surface area contributed by atoms with Crippen LogP contribution in [0.3, 0.4) is 0 Å². The molecule has 1 heterocycles. The first-order chi connectivity index (χ1) is 7.75. The van der Waals surface area contributed by atoms with Crippen LogP contribution < -0.4 is 4.74 Å². The van der Waals surface area contributed by atoms with Gasteiger partial charge in [-0.3, -0.25) is 4.98 Å². The van der Waals surface area contributed by atoms with Gasteiger partial charge in [0.2, 0.25) is 0 Å². The summed E-state index contributed by atoms with van der Waals surface area (Å²) in [7, 11) is 0. The van der Waals surface area contributed by atoms with Crippen molar-refractivity contribution in [2.24, 2.45) is 0 Å². The Morgan fingerprint density at radius 1 is 1.25 bits per heavy atom. The van der Waals surface area contributed by atoms with E-state index in [1.807, 2.05) is 18.2 Å². The third-order valence-electron chi connectivity index (χ3n) is 2.34. The number of hydrogen-bond acceptors (Lipinski definition) is 2. The molecule has 2 nitrogen and oxygen atoms in total.